The Balaban J connectivity index is 1.95. The van der Waals surface area contributed by atoms with Crippen molar-refractivity contribution in [3.63, 3.8) is 0 Å². The Bertz CT molecular complexity index is 647. The summed E-state index contributed by atoms with van der Waals surface area (Å²) in [6.45, 7) is 2.04. The maximum Gasteiger partial charge on any atom is 0.0928 e. The zero-order valence-corrected chi connectivity index (χ0v) is 13.7. The van der Waals surface area contributed by atoms with Crippen molar-refractivity contribution in [3.8, 4) is 0 Å². The lowest BCUT2D eigenvalue weighted by atomic mass is 9.57. The van der Waals surface area contributed by atoms with E-state index in [4.69, 9.17) is 15.7 Å². The molecule has 0 saturated heterocycles. The molecule has 1 atom stereocenters. The standard InChI is InChI=1S/C16H20B2N2S/c1-11(19(2)3)16(17,18)20-9-8-12-10-14(6-7-15(12)20)21-13-4-5-13/h6-11,13H,4-5H2,1-3H3/t11-/m1/s1. The molecule has 0 spiro atoms. The van der Waals surface area contributed by atoms with Crippen molar-refractivity contribution < 1.29 is 0 Å². The van der Waals surface area contributed by atoms with Gasteiger partial charge in [0.2, 0.25) is 0 Å². The predicted octanol–water partition coefficient (Wildman–Crippen LogP) is 2.79. The molecule has 1 fully saturated rings. The van der Waals surface area contributed by atoms with Gasteiger partial charge in [-0.2, -0.15) is 0 Å². The summed E-state index contributed by atoms with van der Waals surface area (Å²) in [5.74, 6) is 0. The van der Waals surface area contributed by atoms with Crippen LogP contribution < -0.4 is 0 Å². The Morgan fingerprint density at radius 2 is 2.00 bits per heavy atom. The summed E-state index contributed by atoms with van der Waals surface area (Å²) < 4.78 is 1.98. The molecule has 2 aromatic rings. The third kappa shape index (κ3) is 2.91. The van der Waals surface area contributed by atoms with Crippen LogP contribution in [-0.2, 0) is 5.34 Å². The smallest absolute Gasteiger partial charge is 0.0928 e. The Morgan fingerprint density at radius 1 is 1.29 bits per heavy atom. The number of likely N-dealkylation sites (N-methyl/N-ethyl adjacent to an activating group) is 1. The molecule has 21 heavy (non-hydrogen) atoms. The first-order valence-corrected chi connectivity index (χ1v) is 8.30. The average molecular weight is 294 g/mol. The minimum Gasteiger partial charge on any atom is -0.358 e. The van der Waals surface area contributed by atoms with E-state index < -0.39 is 5.34 Å². The van der Waals surface area contributed by atoms with Crippen LogP contribution in [0.1, 0.15) is 19.8 Å². The molecule has 0 unspecified atom stereocenters. The predicted molar refractivity (Wildman–Crippen MR) is 93.4 cm³/mol. The zero-order valence-electron chi connectivity index (χ0n) is 12.9. The first kappa shape index (κ1) is 15.1. The lowest BCUT2D eigenvalue weighted by Gasteiger charge is -2.39. The second-order valence-electron chi connectivity index (χ2n) is 6.25. The molecule has 1 aromatic heterocycles. The summed E-state index contributed by atoms with van der Waals surface area (Å²) in [5, 5.41) is 1.09. The van der Waals surface area contributed by atoms with Gasteiger partial charge in [-0.15, -0.1) is 11.8 Å². The van der Waals surface area contributed by atoms with Crippen LogP contribution in [0.15, 0.2) is 35.4 Å². The molecule has 1 heterocycles. The molecule has 2 nitrogen and oxygen atoms in total. The van der Waals surface area contributed by atoms with E-state index in [0.717, 1.165) is 10.8 Å². The molecule has 4 radical (unpaired) electrons. The van der Waals surface area contributed by atoms with E-state index in [0.29, 0.717) is 0 Å². The van der Waals surface area contributed by atoms with E-state index in [2.05, 4.69) is 24.3 Å². The van der Waals surface area contributed by atoms with E-state index >= 15 is 0 Å². The second kappa shape index (κ2) is 5.44. The summed E-state index contributed by atoms with van der Waals surface area (Å²) in [6, 6.07) is 8.68. The number of thioether (sulfide) groups is 1. The number of hydrogen-bond acceptors (Lipinski definition) is 2. The molecule has 1 aliphatic rings. The molecule has 3 rings (SSSR count). The van der Waals surface area contributed by atoms with Crippen molar-refractivity contribution in [2.24, 2.45) is 0 Å². The third-order valence-corrected chi connectivity index (χ3v) is 5.68. The third-order valence-electron chi connectivity index (χ3n) is 4.35. The monoisotopic (exact) mass is 294 g/mol. The topological polar surface area (TPSA) is 8.17 Å². The van der Waals surface area contributed by atoms with Crippen LogP contribution in [0.25, 0.3) is 10.9 Å². The maximum absolute atomic E-state index is 6.42. The number of nitrogens with zero attached hydrogens (tertiary/aromatic N) is 2. The van der Waals surface area contributed by atoms with Gasteiger partial charge in [0.1, 0.15) is 0 Å². The van der Waals surface area contributed by atoms with Crippen molar-refractivity contribution in [1.82, 2.24) is 9.47 Å². The fourth-order valence-electron chi connectivity index (χ4n) is 2.52. The fraction of sp³-hybridized carbons (Fsp3) is 0.500. The van der Waals surface area contributed by atoms with E-state index in [1.807, 2.05) is 48.4 Å². The molecule has 0 amide bonds. The Labute approximate surface area is 134 Å². The summed E-state index contributed by atoms with van der Waals surface area (Å²) >= 11 is 1.97. The summed E-state index contributed by atoms with van der Waals surface area (Å²) in [4.78, 5) is 3.38. The zero-order chi connectivity index (χ0) is 15.2. The number of aromatic nitrogens is 1. The Hall–Kier alpha value is -0.800. The number of hydrogen-bond donors (Lipinski definition) is 0. The first-order chi connectivity index (χ1) is 9.89. The van der Waals surface area contributed by atoms with Crippen LogP contribution in [0.3, 0.4) is 0 Å². The Kier molecular flexibility index (Phi) is 3.91. The van der Waals surface area contributed by atoms with Gasteiger partial charge in [-0.05, 0) is 63.5 Å². The summed E-state index contributed by atoms with van der Waals surface area (Å²) in [7, 11) is 16.8. The van der Waals surface area contributed by atoms with Crippen LogP contribution in [0.5, 0.6) is 0 Å². The van der Waals surface area contributed by atoms with Gasteiger partial charge in [0, 0.05) is 33.3 Å². The highest BCUT2D eigenvalue weighted by Crippen LogP contribution is 2.40. The van der Waals surface area contributed by atoms with E-state index in [1.165, 1.54) is 23.1 Å². The number of benzene rings is 1. The van der Waals surface area contributed by atoms with Gasteiger partial charge in [-0.3, -0.25) is 0 Å². The lowest BCUT2D eigenvalue weighted by molar-refractivity contribution is 0.254. The molecule has 1 saturated carbocycles. The molecule has 0 aliphatic heterocycles. The van der Waals surface area contributed by atoms with Crippen molar-refractivity contribution in [3.05, 3.63) is 30.5 Å². The normalized spacial score (nSPS) is 17.5. The highest BCUT2D eigenvalue weighted by atomic mass is 32.2. The SMILES string of the molecule is [B]C([B])([C@@H](C)N(C)C)n1ccc2cc(SC3CC3)ccc21. The quantitative estimate of drug-likeness (QED) is 0.784. The fourth-order valence-corrected chi connectivity index (χ4v) is 3.62. The number of rotatable bonds is 5. The van der Waals surface area contributed by atoms with Crippen LogP contribution >= 0.6 is 11.8 Å². The molecule has 5 heteroatoms. The molecular weight excluding hydrogens is 274 g/mol. The van der Waals surface area contributed by atoms with Crippen molar-refractivity contribution in [2.45, 2.75) is 41.3 Å². The largest absolute Gasteiger partial charge is 0.358 e. The number of fused-ring (bicyclic) bond motifs is 1. The molecule has 0 bridgehead atoms. The van der Waals surface area contributed by atoms with Crippen LogP contribution in [0, 0.1) is 0 Å². The average Bonchev–Trinajstić information content (AvgIpc) is 3.13. The van der Waals surface area contributed by atoms with Crippen LogP contribution in [0.2, 0.25) is 0 Å². The van der Waals surface area contributed by atoms with Crippen molar-refractivity contribution in [1.29, 1.82) is 0 Å². The van der Waals surface area contributed by atoms with Gasteiger partial charge in [0.15, 0.2) is 0 Å². The second-order valence-corrected chi connectivity index (χ2v) is 7.62. The molecule has 1 aromatic carbocycles. The lowest BCUT2D eigenvalue weighted by Crippen LogP contribution is -2.51. The van der Waals surface area contributed by atoms with Crippen molar-refractivity contribution in [2.75, 3.05) is 14.1 Å². The van der Waals surface area contributed by atoms with Gasteiger partial charge >= 0.3 is 0 Å². The minimum absolute atomic E-state index is 0.0219. The van der Waals surface area contributed by atoms with E-state index in [1.54, 1.807) is 0 Å². The summed E-state index contributed by atoms with van der Waals surface area (Å²) in [5.41, 5.74) is 1.09. The van der Waals surface area contributed by atoms with Gasteiger partial charge in [0.25, 0.3) is 0 Å². The molecule has 1 aliphatic carbocycles. The highest BCUT2D eigenvalue weighted by Gasteiger charge is 2.29. The summed E-state index contributed by atoms with van der Waals surface area (Å²) in [6.07, 6.45) is 4.69. The van der Waals surface area contributed by atoms with Crippen LogP contribution in [0.4, 0.5) is 0 Å². The van der Waals surface area contributed by atoms with Crippen LogP contribution in [-0.4, -0.2) is 50.5 Å². The first-order valence-electron chi connectivity index (χ1n) is 7.42. The molecule has 0 N–H and O–H groups in total. The Morgan fingerprint density at radius 3 is 2.62 bits per heavy atom. The van der Waals surface area contributed by atoms with E-state index in [-0.39, 0.29) is 6.04 Å². The van der Waals surface area contributed by atoms with Crippen molar-refractivity contribution >= 4 is 38.4 Å². The van der Waals surface area contributed by atoms with Gasteiger partial charge in [-0.25, -0.2) is 0 Å². The van der Waals surface area contributed by atoms with Gasteiger partial charge in [-0.1, -0.05) is 0 Å². The minimum atomic E-state index is -0.934. The molecule has 106 valence electrons. The highest BCUT2D eigenvalue weighted by molar-refractivity contribution is 8.00. The van der Waals surface area contributed by atoms with Gasteiger partial charge in [0.05, 0.1) is 15.7 Å². The molecular formula is C16H20B2N2S. The van der Waals surface area contributed by atoms with Gasteiger partial charge < -0.3 is 9.47 Å². The maximum atomic E-state index is 6.42. The van der Waals surface area contributed by atoms with E-state index in [9.17, 15) is 0 Å².